The monoisotopic (exact) mass is 446 g/mol. The van der Waals surface area contributed by atoms with E-state index in [1.807, 2.05) is 12.1 Å². The second-order valence-corrected chi connectivity index (χ2v) is 6.63. The van der Waals surface area contributed by atoms with Gasteiger partial charge < -0.3 is 15.4 Å². The van der Waals surface area contributed by atoms with E-state index in [1.165, 1.54) is 12.8 Å². The van der Waals surface area contributed by atoms with Crippen LogP contribution >= 0.6 is 24.0 Å². The first-order valence-corrected chi connectivity index (χ1v) is 8.71. The number of hydrogen-bond donors (Lipinski definition) is 2. The highest BCUT2D eigenvalue weighted by Gasteiger charge is 2.22. The highest BCUT2D eigenvalue weighted by Crippen LogP contribution is 2.29. The van der Waals surface area contributed by atoms with Crippen LogP contribution in [-0.4, -0.2) is 30.1 Å². The maximum absolute atomic E-state index is 5.73. The Morgan fingerprint density at radius 3 is 2.75 bits per heavy atom. The molecule has 0 aromatic carbocycles. The predicted octanol–water partition coefficient (Wildman–Crippen LogP) is 3.59. The largest absolute Gasteiger partial charge is 0.477 e. The summed E-state index contributed by atoms with van der Waals surface area (Å²) in [5, 5.41) is 6.74. The Balaban J connectivity index is 0.00000288. The summed E-state index contributed by atoms with van der Waals surface area (Å²) in [5.74, 6) is 2.85. The van der Waals surface area contributed by atoms with Crippen molar-refractivity contribution in [2.75, 3.05) is 13.2 Å². The summed E-state index contributed by atoms with van der Waals surface area (Å²) in [6, 6.07) is 4.35. The normalized spacial score (nSPS) is 15.6. The van der Waals surface area contributed by atoms with E-state index in [0.29, 0.717) is 24.4 Å². The Bertz CT molecular complexity index is 517. The molecule has 136 valence electrons. The lowest BCUT2D eigenvalue weighted by Gasteiger charge is -2.20. The molecule has 0 amide bonds. The molecular weight excluding hydrogens is 415 g/mol. The van der Waals surface area contributed by atoms with E-state index in [9.17, 15) is 0 Å². The number of ether oxygens (including phenoxy) is 1. The van der Waals surface area contributed by atoms with Crippen molar-refractivity contribution in [3.63, 3.8) is 0 Å². The zero-order chi connectivity index (χ0) is 16.7. The molecule has 1 heterocycles. The molecule has 0 bridgehead atoms. The third-order valence-electron chi connectivity index (χ3n) is 4.09. The lowest BCUT2D eigenvalue weighted by atomic mass is 10.1. The zero-order valence-electron chi connectivity index (χ0n) is 15.2. The van der Waals surface area contributed by atoms with E-state index in [2.05, 4.69) is 48.3 Å². The Labute approximate surface area is 163 Å². The number of aromatic nitrogens is 1. The molecule has 1 saturated carbocycles. The van der Waals surface area contributed by atoms with E-state index in [1.54, 1.807) is 6.20 Å². The first-order valence-electron chi connectivity index (χ1n) is 8.71. The lowest BCUT2D eigenvalue weighted by molar-refractivity contribution is 0.288. The fraction of sp³-hybridized carbons (Fsp3) is 0.667. The van der Waals surface area contributed by atoms with Crippen LogP contribution < -0.4 is 15.4 Å². The average Bonchev–Trinajstić information content (AvgIpc) is 3.35. The quantitative estimate of drug-likeness (QED) is 0.364. The molecule has 6 heteroatoms. The van der Waals surface area contributed by atoms with Crippen LogP contribution in [0.4, 0.5) is 0 Å². The molecule has 1 aromatic rings. The number of halogens is 1. The van der Waals surface area contributed by atoms with E-state index in [-0.39, 0.29) is 24.0 Å². The van der Waals surface area contributed by atoms with Crippen molar-refractivity contribution < 1.29 is 4.74 Å². The zero-order valence-corrected chi connectivity index (χ0v) is 17.5. The van der Waals surface area contributed by atoms with Gasteiger partial charge in [-0.15, -0.1) is 24.0 Å². The van der Waals surface area contributed by atoms with Crippen molar-refractivity contribution in [2.24, 2.45) is 16.8 Å². The van der Waals surface area contributed by atoms with Gasteiger partial charge in [0, 0.05) is 24.8 Å². The highest BCUT2D eigenvalue weighted by molar-refractivity contribution is 14.0. The molecule has 2 rings (SSSR count). The molecule has 0 radical (unpaired) electrons. The summed E-state index contributed by atoms with van der Waals surface area (Å²) in [4.78, 5) is 8.94. The van der Waals surface area contributed by atoms with Gasteiger partial charge in [0.2, 0.25) is 5.88 Å². The Morgan fingerprint density at radius 2 is 2.12 bits per heavy atom. The van der Waals surface area contributed by atoms with Crippen LogP contribution in [0.15, 0.2) is 23.3 Å². The number of nitrogens with one attached hydrogen (secondary N) is 2. The maximum atomic E-state index is 5.73. The third-order valence-corrected chi connectivity index (χ3v) is 4.09. The molecule has 0 spiro atoms. The van der Waals surface area contributed by atoms with Gasteiger partial charge in [-0.3, -0.25) is 0 Å². The van der Waals surface area contributed by atoms with Crippen molar-refractivity contribution in [3.05, 3.63) is 23.9 Å². The molecule has 1 unspecified atom stereocenters. The van der Waals surface area contributed by atoms with Gasteiger partial charge in [0.25, 0.3) is 0 Å². The minimum Gasteiger partial charge on any atom is -0.477 e. The number of pyridine rings is 1. The van der Waals surface area contributed by atoms with Crippen LogP contribution in [0, 0.1) is 11.8 Å². The Hall–Kier alpha value is -1.05. The van der Waals surface area contributed by atoms with Gasteiger partial charge >= 0.3 is 0 Å². The van der Waals surface area contributed by atoms with E-state index in [0.717, 1.165) is 30.6 Å². The number of guanidine groups is 1. The van der Waals surface area contributed by atoms with Crippen molar-refractivity contribution >= 4 is 29.9 Å². The number of hydrogen-bond acceptors (Lipinski definition) is 3. The average molecular weight is 446 g/mol. The molecule has 5 nitrogen and oxygen atoms in total. The van der Waals surface area contributed by atoms with Crippen molar-refractivity contribution in [2.45, 2.75) is 53.1 Å². The summed E-state index contributed by atoms with van der Waals surface area (Å²) >= 11 is 0. The topological polar surface area (TPSA) is 58.5 Å². The summed E-state index contributed by atoms with van der Waals surface area (Å²) in [6.45, 7) is 10.9. The van der Waals surface area contributed by atoms with Crippen LogP contribution in [-0.2, 0) is 6.54 Å². The minimum atomic E-state index is 0. The molecule has 0 aliphatic heterocycles. The van der Waals surface area contributed by atoms with Crippen LogP contribution in [0.3, 0.4) is 0 Å². The van der Waals surface area contributed by atoms with Crippen molar-refractivity contribution in [1.29, 1.82) is 0 Å². The molecule has 0 saturated heterocycles. The number of nitrogens with zero attached hydrogens (tertiary/aromatic N) is 2. The first-order chi connectivity index (χ1) is 11.1. The third kappa shape index (κ3) is 7.68. The highest BCUT2D eigenvalue weighted by atomic mass is 127. The van der Waals surface area contributed by atoms with Crippen LogP contribution in [0.2, 0.25) is 0 Å². The van der Waals surface area contributed by atoms with Crippen molar-refractivity contribution in [3.8, 4) is 5.88 Å². The van der Waals surface area contributed by atoms with Gasteiger partial charge in [0.15, 0.2) is 5.96 Å². The summed E-state index contributed by atoms with van der Waals surface area (Å²) in [5.41, 5.74) is 1.11. The number of aliphatic imine (C=N–C) groups is 1. The van der Waals surface area contributed by atoms with Crippen LogP contribution in [0.1, 0.15) is 46.1 Å². The van der Waals surface area contributed by atoms with Gasteiger partial charge in [-0.1, -0.05) is 13.8 Å². The number of rotatable bonds is 8. The van der Waals surface area contributed by atoms with Crippen LogP contribution in [0.5, 0.6) is 5.88 Å². The molecular formula is C18H31IN4O. The summed E-state index contributed by atoms with van der Waals surface area (Å²) in [7, 11) is 0. The standard InChI is InChI=1S/C18H30N4O.HI/c1-5-19-18(22-14(4)13(2)3)21-11-16-8-9-20-17(10-16)23-12-15-6-7-15;/h8-10,13-15H,5-7,11-12H2,1-4H3,(H2,19,21,22);1H. The SMILES string of the molecule is CCNC(=NCc1ccnc(OCC2CC2)c1)NC(C)C(C)C.I. The predicted molar refractivity (Wildman–Crippen MR) is 110 cm³/mol. The molecule has 1 fully saturated rings. The first kappa shape index (κ1) is 21.0. The Kier molecular flexibility index (Phi) is 9.39. The lowest BCUT2D eigenvalue weighted by Crippen LogP contribution is -2.44. The smallest absolute Gasteiger partial charge is 0.213 e. The molecule has 2 N–H and O–H groups in total. The second kappa shape index (κ2) is 10.7. The summed E-state index contributed by atoms with van der Waals surface area (Å²) < 4.78 is 5.73. The molecule has 1 atom stereocenters. The molecule has 1 aromatic heterocycles. The van der Waals surface area contributed by atoms with Gasteiger partial charge in [-0.2, -0.15) is 0 Å². The van der Waals surface area contributed by atoms with Gasteiger partial charge in [0.1, 0.15) is 0 Å². The van der Waals surface area contributed by atoms with Crippen molar-refractivity contribution in [1.82, 2.24) is 15.6 Å². The fourth-order valence-corrected chi connectivity index (χ4v) is 1.99. The second-order valence-electron chi connectivity index (χ2n) is 6.63. The van der Waals surface area contributed by atoms with Gasteiger partial charge in [0.05, 0.1) is 13.2 Å². The van der Waals surface area contributed by atoms with E-state index in [4.69, 9.17) is 4.74 Å². The van der Waals surface area contributed by atoms with Crippen LogP contribution in [0.25, 0.3) is 0 Å². The van der Waals surface area contributed by atoms with E-state index < -0.39 is 0 Å². The summed E-state index contributed by atoms with van der Waals surface area (Å²) in [6.07, 6.45) is 4.37. The van der Waals surface area contributed by atoms with Gasteiger partial charge in [-0.25, -0.2) is 9.98 Å². The fourth-order valence-electron chi connectivity index (χ4n) is 1.99. The van der Waals surface area contributed by atoms with Gasteiger partial charge in [-0.05, 0) is 50.2 Å². The maximum Gasteiger partial charge on any atom is 0.213 e. The molecule has 24 heavy (non-hydrogen) atoms. The minimum absolute atomic E-state index is 0. The molecule has 1 aliphatic rings. The molecule has 1 aliphatic carbocycles. The van der Waals surface area contributed by atoms with E-state index >= 15 is 0 Å². The Morgan fingerprint density at radius 1 is 1.38 bits per heavy atom.